The molecule has 2 fully saturated rings. The molecule has 0 amide bonds. The largest absolute Gasteiger partial charge is 0.481 e. The number of carbonyl (C=O) groups is 1. The zero-order valence-electron chi connectivity index (χ0n) is 14.8. The first kappa shape index (κ1) is 16.7. The number of hydrogen-bond acceptors (Lipinski definition) is 5. The van der Waals surface area contributed by atoms with Gasteiger partial charge in [0.05, 0.1) is 16.8 Å². The van der Waals surface area contributed by atoms with Gasteiger partial charge in [0.15, 0.2) is 0 Å². The lowest BCUT2D eigenvalue weighted by atomic mass is 9.81. The summed E-state index contributed by atoms with van der Waals surface area (Å²) in [6.07, 6.45) is 2.72. The number of nitrogens with one attached hydrogen (secondary N) is 1. The zero-order chi connectivity index (χ0) is 17.9. The van der Waals surface area contributed by atoms with Gasteiger partial charge < -0.3 is 10.1 Å². The van der Waals surface area contributed by atoms with Gasteiger partial charge >= 0.3 is 5.97 Å². The van der Waals surface area contributed by atoms with Gasteiger partial charge in [-0.05, 0) is 45.1 Å². The van der Waals surface area contributed by atoms with Crippen LogP contribution in [0.4, 0.5) is 0 Å². The van der Waals surface area contributed by atoms with Crippen molar-refractivity contribution in [1.82, 2.24) is 14.9 Å². The first-order chi connectivity index (χ1) is 11.8. The molecular weight excluding hydrogens is 338 g/mol. The van der Waals surface area contributed by atoms with Crippen LogP contribution in [0.1, 0.15) is 48.5 Å². The van der Waals surface area contributed by atoms with Crippen LogP contribution < -0.4 is 5.56 Å². The minimum atomic E-state index is -0.675. The molecule has 1 unspecified atom stereocenters. The molecule has 0 bridgehead atoms. The fraction of sp³-hybridized carbons (Fsp3) is 0.611. The summed E-state index contributed by atoms with van der Waals surface area (Å²) in [6, 6.07) is -0.0957. The van der Waals surface area contributed by atoms with E-state index >= 15 is 0 Å². The molecule has 2 aromatic heterocycles. The number of aliphatic carboxylic acids is 1. The van der Waals surface area contributed by atoms with Gasteiger partial charge in [-0.3, -0.25) is 14.5 Å². The smallest absolute Gasteiger partial charge is 0.311 e. The van der Waals surface area contributed by atoms with Crippen molar-refractivity contribution in [3.05, 3.63) is 26.6 Å². The van der Waals surface area contributed by atoms with Crippen molar-refractivity contribution in [2.75, 3.05) is 13.1 Å². The molecule has 6 nitrogen and oxygen atoms in total. The standard InChI is InChI=1S/C18H23N3O3S/c1-9-11(3)25-16-13(9)15(22)19-14(20-16)10(2)21-7-12-5-4-6-18(12,8-21)17(23)24/h10,12H,4-8H2,1-3H3,(H,23,24)(H,19,20,22)/t10?,12-,18+/m0/s1. The molecule has 1 aliphatic carbocycles. The summed E-state index contributed by atoms with van der Waals surface area (Å²) < 4.78 is 0. The van der Waals surface area contributed by atoms with Crippen LogP contribution in [0.3, 0.4) is 0 Å². The molecule has 2 aliphatic rings. The monoisotopic (exact) mass is 361 g/mol. The third kappa shape index (κ3) is 2.36. The molecule has 25 heavy (non-hydrogen) atoms. The maximum absolute atomic E-state index is 12.5. The molecule has 1 saturated carbocycles. The molecule has 2 N–H and O–H groups in total. The van der Waals surface area contributed by atoms with Gasteiger partial charge in [-0.15, -0.1) is 11.3 Å². The lowest BCUT2D eigenvalue weighted by Crippen LogP contribution is -2.36. The summed E-state index contributed by atoms with van der Waals surface area (Å²) in [5, 5.41) is 10.4. The van der Waals surface area contributed by atoms with Crippen LogP contribution in [0.25, 0.3) is 10.2 Å². The average Bonchev–Trinajstić information content (AvgIpc) is 3.18. The molecule has 0 aromatic carbocycles. The quantitative estimate of drug-likeness (QED) is 0.878. The predicted octanol–water partition coefficient (Wildman–Crippen LogP) is 2.85. The van der Waals surface area contributed by atoms with Gasteiger partial charge in [0.2, 0.25) is 0 Å². The average molecular weight is 361 g/mol. The molecule has 1 aliphatic heterocycles. The number of hydrogen-bond donors (Lipinski definition) is 2. The molecule has 134 valence electrons. The Bertz CT molecular complexity index is 918. The Hall–Kier alpha value is -1.73. The first-order valence-corrected chi connectivity index (χ1v) is 9.62. The van der Waals surface area contributed by atoms with Crippen molar-refractivity contribution in [2.45, 2.75) is 46.1 Å². The van der Waals surface area contributed by atoms with Gasteiger partial charge in [-0.25, -0.2) is 4.98 Å². The van der Waals surface area contributed by atoms with E-state index in [2.05, 4.69) is 9.88 Å². The lowest BCUT2D eigenvalue weighted by Gasteiger charge is -2.26. The minimum absolute atomic E-state index is 0.0957. The highest BCUT2D eigenvalue weighted by Crippen LogP contribution is 2.50. The van der Waals surface area contributed by atoms with E-state index in [1.54, 1.807) is 11.3 Å². The van der Waals surface area contributed by atoms with E-state index in [9.17, 15) is 14.7 Å². The summed E-state index contributed by atoms with van der Waals surface area (Å²) in [5.74, 6) is 0.166. The van der Waals surface area contributed by atoms with Gasteiger partial charge in [0, 0.05) is 18.0 Å². The number of likely N-dealkylation sites (tertiary alicyclic amines) is 1. The summed E-state index contributed by atoms with van der Waals surface area (Å²) in [5.41, 5.74) is 0.281. The summed E-state index contributed by atoms with van der Waals surface area (Å²) in [7, 11) is 0. The van der Waals surface area contributed by atoms with E-state index in [1.165, 1.54) is 0 Å². The number of aryl methyl sites for hydroxylation is 2. The molecule has 1 saturated heterocycles. The highest BCUT2D eigenvalue weighted by Gasteiger charge is 2.55. The van der Waals surface area contributed by atoms with Crippen LogP contribution in [-0.4, -0.2) is 39.0 Å². The van der Waals surface area contributed by atoms with E-state index in [0.717, 1.165) is 41.1 Å². The van der Waals surface area contributed by atoms with Crippen LogP contribution >= 0.6 is 11.3 Å². The normalized spacial score (nSPS) is 27.7. The number of fused-ring (bicyclic) bond motifs is 2. The molecule has 2 aromatic rings. The number of aromatic nitrogens is 2. The molecule has 4 rings (SSSR count). The van der Waals surface area contributed by atoms with E-state index in [1.807, 2.05) is 20.8 Å². The van der Waals surface area contributed by atoms with Crippen LogP contribution in [0.2, 0.25) is 0 Å². The Labute approximate surface area is 149 Å². The Morgan fingerprint density at radius 3 is 2.92 bits per heavy atom. The Kier molecular flexibility index (Phi) is 3.77. The number of aromatic amines is 1. The Balaban J connectivity index is 1.68. The number of carboxylic acid groups (broad SMARTS) is 1. The minimum Gasteiger partial charge on any atom is -0.481 e. The topological polar surface area (TPSA) is 86.3 Å². The third-order valence-electron chi connectivity index (χ3n) is 6.32. The highest BCUT2D eigenvalue weighted by molar-refractivity contribution is 7.18. The number of nitrogens with zero attached hydrogens (tertiary/aromatic N) is 2. The molecule has 0 spiro atoms. The van der Waals surface area contributed by atoms with Crippen molar-refractivity contribution >= 4 is 27.5 Å². The van der Waals surface area contributed by atoms with Crippen LogP contribution in [0.15, 0.2) is 4.79 Å². The molecule has 3 atom stereocenters. The van der Waals surface area contributed by atoms with E-state index < -0.39 is 11.4 Å². The second-order valence-corrected chi connectivity index (χ2v) is 8.77. The highest BCUT2D eigenvalue weighted by atomic mass is 32.1. The van der Waals surface area contributed by atoms with E-state index in [-0.39, 0.29) is 17.5 Å². The van der Waals surface area contributed by atoms with Crippen molar-refractivity contribution in [3.8, 4) is 0 Å². The maximum atomic E-state index is 12.5. The van der Waals surface area contributed by atoms with Crippen molar-refractivity contribution in [1.29, 1.82) is 0 Å². The number of H-pyrrole nitrogens is 1. The number of rotatable bonds is 3. The lowest BCUT2D eigenvalue weighted by molar-refractivity contribution is -0.149. The summed E-state index contributed by atoms with van der Waals surface area (Å²) in [4.78, 5) is 36.1. The summed E-state index contributed by atoms with van der Waals surface area (Å²) >= 11 is 1.54. The molecule has 0 radical (unpaired) electrons. The van der Waals surface area contributed by atoms with E-state index in [4.69, 9.17) is 4.98 Å². The van der Waals surface area contributed by atoms with Crippen molar-refractivity contribution in [3.63, 3.8) is 0 Å². The molecule has 7 heteroatoms. The predicted molar refractivity (Wildman–Crippen MR) is 97.1 cm³/mol. The first-order valence-electron chi connectivity index (χ1n) is 8.81. The molecular formula is C18H23N3O3S. The van der Waals surface area contributed by atoms with E-state index in [0.29, 0.717) is 17.8 Å². The third-order valence-corrected chi connectivity index (χ3v) is 7.42. The maximum Gasteiger partial charge on any atom is 0.311 e. The van der Waals surface area contributed by atoms with Gasteiger partial charge in [0.1, 0.15) is 10.7 Å². The Morgan fingerprint density at radius 2 is 2.24 bits per heavy atom. The Morgan fingerprint density at radius 1 is 1.48 bits per heavy atom. The fourth-order valence-electron chi connectivity index (χ4n) is 4.61. The fourth-order valence-corrected chi connectivity index (χ4v) is 5.65. The summed E-state index contributed by atoms with van der Waals surface area (Å²) in [6.45, 7) is 7.26. The van der Waals surface area contributed by atoms with Crippen LogP contribution in [-0.2, 0) is 4.79 Å². The number of carboxylic acids is 1. The SMILES string of the molecule is Cc1sc2nc(C(C)N3C[C@@H]4CCC[C@@]4(C(=O)O)C3)[nH]c(=O)c2c1C. The van der Waals surface area contributed by atoms with Gasteiger partial charge in [-0.2, -0.15) is 0 Å². The zero-order valence-corrected chi connectivity index (χ0v) is 15.6. The second kappa shape index (κ2) is 5.64. The van der Waals surface area contributed by atoms with Crippen LogP contribution in [0.5, 0.6) is 0 Å². The van der Waals surface area contributed by atoms with Gasteiger partial charge in [-0.1, -0.05) is 6.42 Å². The van der Waals surface area contributed by atoms with Gasteiger partial charge in [0.25, 0.3) is 5.56 Å². The number of thiophene rings is 1. The van der Waals surface area contributed by atoms with Crippen molar-refractivity contribution < 1.29 is 9.90 Å². The molecule has 3 heterocycles. The van der Waals surface area contributed by atoms with Crippen molar-refractivity contribution in [2.24, 2.45) is 11.3 Å². The second-order valence-electron chi connectivity index (χ2n) is 7.57. The van der Waals surface area contributed by atoms with Crippen LogP contribution in [0, 0.1) is 25.2 Å².